The van der Waals surface area contributed by atoms with Gasteiger partial charge in [-0.1, -0.05) is 35.5 Å². The highest BCUT2D eigenvalue weighted by Crippen LogP contribution is 2.16. The van der Waals surface area contributed by atoms with Crippen LogP contribution in [0.25, 0.3) is 5.82 Å². The average Bonchev–Trinajstić information content (AvgIpc) is 3.21. The number of nitrogen functional groups attached to an aromatic ring is 1. The average molecular weight is 355 g/mol. The number of nitrogens with one attached hydrogen (secondary N) is 1. The van der Waals surface area contributed by atoms with Crippen molar-refractivity contribution in [3.63, 3.8) is 0 Å². The van der Waals surface area contributed by atoms with Gasteiger partial charge in [-0.15, -0.1) is 5.10 Å². The van der Waals surface area contributed by atoms with Gasteiger partial charge >= 0.3 is 0 Å². The Morgan fingerprint density at radius 1 is 1.35 bits per heavy atom. The summed E-state index contributed by atoms with van der Waals surface area (Å²) in [5.74, 6) is -0.291. The van der Waals surface area contributed by atoms with Crippen molar-refractivity contribution < 1.29 is 9.42 Å². The van der Waals surface area contributed by atoms with E-state index in [0.29, 0.717) is 12.2 Å². The molecule has 26 heavy (non-hydrogen) atoms. The Morgan fingerprint density at radius 2 is 2.12 bits per heavy atom. The van der Waals surface area contributed by atoms with Crippen LogP contribution in [0.15, 0.2) is 40.1 Å². The molecule has 0 spiro atoms. The van der Waals surface area contributed by atoms with Crippen LogP contribution in [0.1, 0.15) is 21.7 Å². The second-order valence-corrected chi connectivity index (χ2v) is 5.62. The van der Waals surface area contributed by atoms with Gasteiger partial charge in [0.1, 0.15) is 0 Å². The number of nitrogens with zero attached hydrogens (tertiary/aromatic N) is 7. The normalized spacial score (nSPS) is 11.3. The molecule has 0 aliphatic heterocycles. The van der Waals surface area contributed by atoms with E-state index in [4.69, 9.17) is 5.73 Å². The van der Waals surface area contributed by atoms with E-state index in [2.05, 4.69) is 35.8 Å². The molecule has 3 aromatic rings. The monoisotopic (exact) mass is 355 g/mol. The van der Waals surface area contributed by atoms with Crippen LogP contribution in [0.2, 0.25) is 0 Å². The predicted octanol–water partition coefficient (Wildman–Crippen LogP) is 0.0580. The number of nitrogens with two attached hydrogens (primary N) is 1. The molecule has 0 bridgehead atoms. The number of hydrogen-bond donors (Lipinski definition) is 2. The van der Waals surface area contributed by atoms with Crippen LogP contribution in [0.3, 0.4) is 0 Å². The summed E-state index contributed by atoms with van der Waals surface area (Å²) >= 11 is 0. The largest absolute Gasteiger partial charge is 0.378 e. The van der Waals surface area contributed by atoms with Gasteiger partial charge in [0, 0.05) is 6.54 Å². The summed E-state index contributed by atoms with van der Waals surface area (Å²) in [6.07, 6.45) is 1.54. The summed E-state index contributed by atoms with van der Waals surface area (Å²) in [5.41, 5.74) is 9.58. The van der Waals surface area contributed by atoms with E-state index >= 15 is 0 Å². The number of rotatable bonds is 6. The highest BCUT2D eigenvalue weighted by atomic mass is 16.6. The Morgan fingerprint density at radius 3 is 2.77 bits per heavy atom. The molecule has 0 saturated heterocycles. The highest BCUT2D eigenvalue weighted by Gasteiger charge is 2.24. The van der Waals surface area contributed by atoms with Gasteiger partial charge in [0.25, 0.3) is 5.91 Å². The van der Waals surface area contributed by atoms with E-state index in [9.17, 15) is 4.79 Å². The van der Waals surface area contributed by atoms with Crippen LogP contribution in [-0.4, -0.2) is 56.4 Å². The quantitative estimate of drug-likeness (QED) is 0.467. The third-order valence-corrected chi connectivity index (χ3v) is 3.32. The van der Waals surface area contributed by atoms with Gasteiger partial charge in [-0.3, -0.25) is 4.79 Å². The van der Waals surface area contributed by atoms with Crippen LogP contribution in [0.5, 0.6) is 0 Å². The number of carbonyl (C=O) groups excluding carboxylic acids is 1. The van der Waals surface area contributed by atoms with Crippen molar-refractivity contribution in [3.8, 4) is 5.82 Å². The first-order valence-electron chi connectivity index (χ1n) is 7.62. The Balaban J connectivity index is 1.84. The van der Waals surface area contributed by atoms with E-state index in [-0.39, 0.29) is 17.3 Å². The van der Waals surface area contributed by atoms with E-state index in [0.717, 1.165) is 5.56 Å². The second kappa shape index (κ2) is 7.53. The fraction of sp³-hybridized carbons (Fsp3) is 0.200. The summed E-state index contributed by atoms with van der Waals surface area (Å²) in [6.45, 7) is 0.366. The van der Waals surface area contributed by atoms with Crippen molar-refractivity contribution in [2.75, 3.05) is 19.8 Å². The third-order valence-electron chi connectivity index (χ3n) is 3.32. The van der Waals surface area contributed by atoms with Gasteiger partial charge in [-0.2, -0.15) is 9.78 Å². The van der Waals surface area contributed by atoms with Crippen molar-refractivity contribution in [2.24, 2.45) is 5.10 Å². The standard InChI is InChI=1S/C15H17N9O2/c1-23(2)9-11-12(18-22-24(11)14-13(16)20-26-21-14)15(25)19-17-8-10-6-4-3-5-7-10/h3-8H,9H2,1-2H3,(H2,16,20)(H,19,25)/b17-8-. The summed E-state index contributed by atoms with van der Waals surface area (Å²) in [4.78, 5) is 14.3. The van der Waals surface area contributed by atoms with E-state index in [1.807, 2.05) is 49.3 Å². The number of amides is 1. The van der Waals surface area contributed by atoms with Gasteiger partial charge in [-0.25, -0.2) is 10.1 Å². The maximum atomic E-state index is 12.5. The molecular weight excluding hydrogens is 338 g/mol. The summed E-state index contributed by atoms with van der Waals surface area (Å²) in [5, 5.41) is 19.0. The van der Waals surface area contributed by atoms with Crippen LogP contribution in [-0.2, 0) is 6.54 Å². The summed E-state index contributed by atoms with van der Waals surface area (Å²) in [6, 6.07) is 9.38. The van der Waals surface area contributed by atoms with Gasteiger partial charge in [0.2, 0.25) is 11.6 Å². The molecule has 1 amide bonds. The van der Waals surface area contributed by atoms with Crippen molar-refractivity contribution in [2.45, 2.75) is 6.54 Å². The zero-order valence-electron chi connectivity index (χ0n) is 14.2. The predicted molar refractivity (Wildman–Crippen MR) is 92.5 cm³/mol. The minimum Gasteiger partial charge on any atom is -0.378 e. The minimum atomic E-state index is -0.504. The highest BCUT2D eigenvalue weighted by molar-refractivity contribution is 5.94. The molecule has 0 unspecified atom stereocenters. The zero-order chi connectivity index (χ0) is 18.5. The fourth-order valence-electron chi connectivity index (χ4n) is 2.18. The van der Waals surface area contributed by atoms with Crippen molar-refractivity contribution in [1.29, 1.82) is 0 Å². The van der Waals surface area contributed by atoms with E-state index in [1.54, 1.807) is 0 Å². The molecule has 3 rings (SSSR count). The fourth-order valence-corrected chi connectivity index (χ4v) is 2.18. The summed E-state index contributed by atoms with van der Waals surface area (Å²) < 4.78 is 5.91. The Labute approximate surface area is 148 Å². The summed E-state index contributed by atoms with van der Waals surface area (Å²) in [7, 11) is 3.69. The first kappa shape index (κ1) is 17.2. The molecule has 0 aliphatic carbocycles. The van der Waals surface area contributed by atoms with Gasteiger partial charge in [0.05, 0.1) is 11.9 Å². The zero-order valence-corrected chi connectivity index (χ0v) is 14.2. The number of hydrogen-bond acceptors (Lipinski definition) is 9. The molecule has 0 fully saturated rings. The molecule has 11 nitrogen and oxygen atoms in total. The lowest BCUT2D eigenvalue weighted by Gasteiger charge is -2.11. The lowest BCUT2D eigenvalue weighted by atomic mass is 10.2. The molecule has 0 aliphatic rings. The third kappa shape index (κ3) is 3.72. The topological polar surface area (TPSA) is 140 Å². The Bertz CT molecular complexity index is 914. The molecule has 2 aromatic heterocycles. The molecule has 11 heteroatoms. The van der Waals surface area contributed by atoms with Gasteiger partial charge < -0.3 is 10.6 Å². The second-order valence-electron chi connectivity index (χ2n) is 5.62. The van der Waals surface area contributed by atoms with Crippen molar-refractivity contribution >= 4 is 17.9 Å². The molecule has 1 aromatic carbocycles. The number of benzene rings is 1. The van der Waals surface area contributed by atoms with Crippen LogP contribution < -0.4 is 11.2 Å². The molecule has 0 saturated carbocycles. The number of carbonyl (C=O) groups is 1. The Hall–Kier alpha value is -3.60. The minimum absolute atomic E-state index is 0.0453. The molecule has 0 radical (unpaired) electrons. The number of hydrazone groups is 1. The number of aromatic nitrogens is 5. The van der Waals surface area contributed by atoms with Crippen LogP contribution in [0, 0.1) is 0 Å². The van der Waals surface area contributed by atoms with Gasteiger partial charge in [0.15, 0.2) is 5.69 Å². The number of anilines is 1. The smallest absolute Gasteiger partial charge is 0.293 e. The van der Waals surface area contributed by atoms with Gasteiger partial charge in [-0.05, 0) is 30.0 Å². The molecule has 134 valence electrons. The van der Waals surface area contributed by atoms with Crippen LogP contribution >= 0.6 is 0 Å². The van der Waals surface area contributed by atoms with Crippen LogP contribution in [0.4, 0.5) is 5.82 Å². The molecule has 0 atom stereocenters. The molecule has 3 N–H and O–H groups in total. The molecular formula is C15H17N9O2. The lowest BCUT2D eigenvalue weighted by molar-refractivity contribution is 0.0948. The van der Waals surface area contributed by atoms with E-state index in [1.165, 1.54) is 10.9 Å². The van der Waals surface area contributed by atoms with Crippen molar-refractivity contribution in [1.82, 2.24) is 35.6 Å². The maximum absolute atomic E-state index is 12.5. The lowest BCUT2D eigenvalue weighted by Crippen LogP contribution is -2.23. The maximum Gasteiger partial charge on any atom is 0.293 e. The SMILES string of the molecule is CN(C)Cc1c(C(=O)N/N=C\c2ccccc2)nnn1-c1nonc1N. The first-order valence-corrected chi connectivity index (χ1v) is 7.62. The Kier molecular flexibility index (Phi) is 4.99. The van der Waals surface area contributed by atoms with E-state index < -0.39 is 5.91 Å². The molecule has 2 heterocycles. The van der Waals surface area contributed by atoms with Crippen molar-refractivity contribution in [3.05, 3.63) is 47.3 Å². The first-order chi connectivity index (χ1) is 12.6.